The molecule has 0 rings (SSSR count). The number of carbonyl (C=O) groups is 2. The largest absolute Gasteiger partial charge is 0.478 e. The number of hydrogen-bond acceptors (Lipinski definition) is 7. The molecule has 15 heavy (non-hydrogen) atoms. The van der Waals surface area contributed by atoms with Gasteiger partial charge in [0.2, 0.25) is 0 Å². The van der Waals surface area contributed by atoms with E-state index >= 15 is 0 Å². The second kappa shape index (κ2) is 4.32. The van der Waals surface area contributed by atoms with Crippen LogP contribution in [-0.4, -0.2) is 45.8 Å². The highest BCUT2D eigenvalue weighted by Crippen LogP contribution is 2.13. The van der Waals surface area contributed by atoms with E-state index in [2.05, 4.69) is 15.0 Å². The van der Waals surface area contributed by atoms with E-state index in [1.807, 2.05) is 0 Å². The lowest BCUT2D eigenvalue weighted by Crippen LogP contribution is -2.37. The molecule has 0 radical (unpaired) electrons. The Morgan fingerprint density at radius 1 is 1.13 bits per heavy atom. The van der Waals surface area contributed by atoms with Crippen molar-refractivity contribution < 1.29 is 29.6 Å². The maximum absolute atomic E-state index is 10.9. The van der Waals surface area contributed by atoms with Crippen molar-refractivity contribution in [1.82, 2.24) is 0 Å². The number of aliphatic carboxylic acids is 1. The van der Waals surface area contributed by atoms with Crippen LogP contribution in [0.5, 0.6) is 0 Å². The number of esters is 1. The van der Waals surface area contributed by atoms with Crippen LogP contribution >= 0.6 is 0 Å². The number of carboxylic acid groups (broad SMARTS) is 1. The predicted octanol–water partition coefficient (Wildman–Crippen LogP) is -0.887. The van der Waals surface area contributed by atoms with E-state index in [0.717, 1.165) is 21.0 Å². The lowest BCUT2D eigenvalue weighted by Gasteiger charge is -2.16. The molecule has 0 saturated heterocycles. The van der Waals surface area contributed by atoms with Crippen LogP contribution in [0.25, 0.3) is 0 Å². The fourth-order valence-electron chi connectivity index (χ4n) is 0.472. The fourth-order valence-corrected chi connectivity index (χ4v) is 0.472. The summed E-state index contributed by atoms with van der Waals surface area (Å²) < 4.78 is 4.17. The summed E-state index contributed by atoms with van der Waals surface area (Å²) in [5.74, 6) is -2.78. The molecule has 0 aliphatic rings. The van der Waals surface area contributed by atoms with Gasteiger partial charge in [-0.3, -0.25) is 0 Å². The van der Waals surface area contributed by atoms with E-state index in [4.69, 9.17) is 10.2 Å². The number of aliphatic hydroxyl groups is 2. The molecule has 0 aromatic carbocycles. The highest BCUT2D eigenvalue weighted by molar-refractivity contribution is 5.78. The maximum atomic E-state index is 10.9. The second-order valence-corrected chi connectivity index (χ2v) is 3.04. The number of methoxy groups -OCH3 is 1. The first kappa shape index (κ1) is 13.5. The van der Waals surface area contributed by atoms with Crippen LogP contribution in [0.1, 0.15) is 13.8 Å². The summed E-state index contributed by atoms with van der Waals surface area (Å²) in [6.45, 7) is 1.78. The van der Waals surface area contributed by atoms with Gasteiger partial charge < -0.3 is 20.1 Å². The fraction of sp³-hybridized carbons (Fsp3) is 0.714. The molecule has 0 fully saturated rings. The number of rotatable bonds is 4. The Balaban J connectivity index is 4.80. The van der Waals surface area contributed by atoms with Crippen molar-refractivity contribution in [3.63, 3.8) is 0 Å². The summed E-state index contributed by atoms with van der Waals surface area (Å²) in [6, 6.07) is 0. The van der Waals surface area contributed by atoms with E-state index in [1.54, 1.807) is 0 Å². The Labute approximate surface area is 85.2 Å². The molecule has 2 unspecified atom stereocenters. The maximum Gasteiger partial charge on any atom is 0.362 e. The molecule has 86 valence electrons. The molecule has 0 amide bonds. The van der Waals surface area contributed by atoms with Crippen molar-refractivity contribution >= 4 is 11.9 Å². The number of carboxylic acids is 1. The van der Waals surface area contributed by atoms with Crippen molar-refractivity contribution in [3.8, 4) is 0 Å². The molecule has 8 heteroatoms. The topological polar surface area (TPSA) is 129 Å². The van der Waals surface area contributed by atoms with Crippen LogP contribution in [0.2, 0.25) is 0 Å². The molecule has 0 saturated carbocycles. The molecule has 0 heterocycles. The molecule has 8 nitrogen and oxygen atoms in total. The first-order valence-corrected chi connectivity index (χ1v) is 3.84. The van der Waals surface area contributed by atoms with E-state index in [0.29, 0.717) is 0 Å². The lowest BCUT2D eigenvalue weighted by molar-refractivity contribution is -0.163. The Hall–Kier alpha value is -1.54. The normalized spacial score (nSPS) is 19.3. The summed E-state index contributed by atoms with van der Waals surface area (Å²) in [6.07, 6.45) is 0. The van der Waals surface area contributed by atoms with Crippen LogP contribution in [0.4, 0.5) is 0 Å². The molecule has 0 aromatic heterocycles. The number of hydrogen-bond donors (Lipinski definition) is 3. The van der Waals surface area contributed by atoms with Gasteiger partial charge in [0.15, 0.2) is 0 Å². The predicted molar refractivity (Wildman–Crippen MR) is 45.8 cm³/mol. The molecular weight excluding hydrogens is 208 g/mol. The quantitative estimate of drug-likeness (QED) is 0.416. The van der Waals surface area contributed by atoms with Crippen molar-refractivity contribution in [2.75, 3.05) is 7.11 Å². The van der Waals surface area contributed by atoms with Crippen molar-refractivity contribution in [3.05, 3.63) is 0 Å². The molecule has 2 atom stereocenters. The van der Waals surface area contributed by atoms with E-state index in [9.17, 15) is 14.7 Å². The third-order valence-corrected chi connectivity index (χ3v) is 1.42. The standard InChI is InChI=1S/C7H12N2O6/c1-6(13,4(10)11)8-9-7(2,14)5(12)15-3/h13-14H,1-3H3,(H,10,11). The molecule has 0 bridgehead atoms. The van der Waals surface area contributed by atoms with Crippen LogP contribution in [0.3, 0.4) is 0 Å². The molecule has 0 aromatic rings. The number of ether oxygens (including phenoxy) is 1. The summed E-state index contributed by atoms with van der Waals surface area (Å²) in [7, 11) is 1.02. The van der Waals surface area contributed by atoms with Gasteiger partial charge in [0, 0.05) is 0 Å². The Bertz CT molecular complexity index is 296. The van der Waals surface area contributed by atoms with Gasteiger partial charge in [-0.15, -0.1) is 10.2 Å². The SMILES string of the molecule is COC(=O)C(C)(O)N=NC(C)(O)C(=O)O. The van der Waals surface area contributed by atoms with Gasteiger partial charge in [0.25, 0.3) is 11.4 Å². The van der Waals surface area contributed by atoms with Gasteiger partial charge in [0.1, 0.15) is 0 Å². The smallest absolute Gasteiger partial charge is 0.362 e. The van der Waals surface area contributed by atoms with Gasteiger partial charge in [0.05, 0.1) is 7.11 Å². The van der Waals surface area contributed by atoms with Crippen molar-refractivity contribution in [2.24, 2.45) is 10.2 Å². The molecule has 0 aliphatic heterocycles. The van der Waals surface area contributed by atoms with Gasteiger partial charge >= 0.3 is 11.9 Å². The van der Waals surface area contributed by atoms with Crippen LogP contribution < -0.4 is 0 Å². The average Bonchev–Trinajstić information content (AvgIpc) is 2.13. The zero-order valence-electron chi connectivity index (χ0n) is 8.46. The first-order chi connectivity index (χ1) is 6.63. The summed E-state index contributed by atoms with van der Waals surface area (Å²) in [5.41, 5.74) is -4.83. The summed E-state index contributed by atoms with van der Waals surface area (Å²) in [5, 5.41) is 32.7. The summed E-state index contributed by atoms with van der Waals surface area (Å²) in [4.78, 5) is 21.2. The van der Waals surface area contributed by atoms with Gasteiger partial charge in [-0.25, -0.2) is 9.59 Å². The van der Waals surface area contributed by atoms with E-state index in [-0.39, 0.29) is 0 Å². The molecule has 3 N–H and O–H groups in total. The lowest BCUT2D eigenvalue weighted by atomic mass is 10.3. The van der Waals surface area contributed by atoms with Crippen LogP contribution in [-0.2, 0) is 14.3 Å². The van der Waals surface area contributed by atoms with Crippen molar-refractivity contribution in [1.29, 1.82) is 0 Å². The van der Waals surface area contributed by atoms with Crippen LogP contribution in [0.15, 0.2) is 10.2 Å². The number of nitrogens with zero attached hydrogens (tertiary/aromatic N) is 2. The average molecular weight is 220 g/mol. The molecule has 0 spiro atoms. The van der Waals surface area contributed by atoms with Crippen LogP contribution in [0, 0.1) is 0 Å². The summed E-state index contributed by atoms with van der Waals surface area (Å²) >= 11 is 0. The minimum Gasteiger partial charge on any atom is -0.478 e. The van der Waals surface area contributed by atoms with Gasteiger partial charge in [-0.2, -0.15) is 0 Å². The Morgan fingerprint density at radius 2 is 1.53 bits per heavy atom. The second-order valence-electron chi connectivity index (χ2n) is 3.04. The number of carbonyl (C=O) groups excluding carboxylic acids is 1. The Morgan fingerprint density at radius 3 is 1.87 bits per heavy atom. The highest BCUT2D eigenvalue weighted by Gasteiger charge is 2.35. The van der Waals surface area contributed by atoms with Crippen molar-refractivity contribution in [2.45, 2.75) is 25.3 Å². The third-order valence-electron chi connectivity index (χ3n) is 1.42. The van der Waals surface area contributed by atoms with E-state index in [1.165, 1.54) is 0 Å². The Kier molecular flexibility index (Phi) is 3.88. The number of azo groups is 1. The first-order valence-electron chi connectivity index (χ1n) is 3.84. The van der Waals surface area contributed by atoms with Gasteiger partial charge in [-0.05, 0) is 13.8 Å². The van der Waals surface area contributed by atoms with Gasteiger partial charge in [-0.1, -0.05) is 0 Å². The highest BCUT2D eigenvalue weighted by atomic mass is 16.5. The minimum absolute atomic E-state index is 0.839. The monoisotopic (exact) mass is 220 g/mol. The molecule has 0 aliphatic carbocycles. The minimum atomic E-state index is -2.50. The van der Waals surface area contributed by atoms with E-state index < -0.39 is 23.4 Å². The zero-order chi connectivity index (χ0) is 12.3. The molecular formula is C7H12N2O6. The third kappa shape index (κ3) is 3.60. The zero-order valence-corrected chi connectivity index (χ0v) is 8.46.